The Morgan fingerprint density at radius 1 is 1.16 bits per heavy atom. The summed E-state index contributed by atoms with van der Waals surface area (Å²) < 4.78 is 19.2. The number of halogens is 1. The number of esters is 1. The van der Waals surface area contributed by atoms with Crippen LogP contribution in [-0.2, 0) is 15.1 Å². The minimum Gasteiger partial charge on any atom is -0.451 e. The third-order valence-corrected chi connectivity index (χ3v) is 7.00. The number of nitrogens with zero attached hydrogens (tertiary/aromatic N) is 2. The summed E-state index contributed by atoms with van der Waals surface area (Å²) in [6.07, 6.45) is 7.66. The number of pyridine rings is 1. The van der Waals surface area contributed by atoms with Gasteiger partial charge in [0.25, 0.3) is 0 Å². The molecule has 6 nitrogen and oxygen atoms in total. The molecule has 2 aliphatic heterocycles. The molecule has 1 N–H and O–H groups in total. The quantitative estimate of drug-likeness (QED) is 0.765. The minimum atomic E-state index is -0.595. The SMILES string of the molecule is O=C1O[C@]2(CC[C@H](C(=O)NC3CCN(c4cccc(F)c4)CC3)CC2)c2ccncc21. The fourth-order valence-corrected chi connectivity index (χ4v) is 5.23. The molecule has 1 saturated carbocycles. The number of rotatable bonds is 3. The van der Waals surface area contributed by atoms with E-state index >= 15 is 0 Å². The molecule has 1 aliphatic carbocycles. The lowest BCUT2D eigenvalue weighted by Crippen LogP contribution is -2.47. The molecule has 1 aromatic heterocycles. The molecule has 0 radical (unpaired) electrons. The highest BCUT2D eigenvalue weighted by Crippen LogP contribution is 2.47. The van der Waals surface area contributed by atoms with Crippen molar-refractivity contribution in [2.24, 2.45) is 5.92 Å². The molecule has 3 heterocycles. The molecular formula is C24H26FN3O3. The van der Waals surface area contributed by atoms with Gasteiger partial charge >= 0.3 is 5.97 Å². The smallest absolute Gasteiger partial charge is 0.341 e. The Kier molecular flexibility index (Phi) is 5.12. The van der Waals surface area contributed by atoms with Crippen LogP contribution < -0.4 is 10.2 Å². The lowest BCUT2D eigenvalue weighted by Gasteiger charge is -2.37. The molecule has 2 fully saturated rings. The Hall–Kier alpha value is -2.96. The van der Waals surface area contributed by atoms with E-state index in [1.807, 2.05) is 12.1 Å². The Morgan fingerprint density at radius 2 is 1.94 bits per heavy atom. The Bertz CT molecular complexity index is 995. The number of benzene rings is 1. The number of piperidine rings is 1. The summed E-state index contributed by atoms with van der Waals surface area (Å²) in [6, 6.07) is 8.67. The molecule has 0 unspecified atom stereocenters. The topological polar surface area (TPSA) is 71.5 Å². The van der Waals surface area contributed by atoms with E-state index in [0.29, 0.717) is 31.2 Å². The van der Waals surface area contributed by atoms with Crippen molar-refractivity contribution in [3.05, 3.63) is 59.7 Å². The molecule has 1 amide bonds. The van der Waals surface area contributed by atoms with Crippen molar-refractivity contribution < 1.29 is 18.7 Å². The van der Waals surface area contributed by atoms with Crippen molar-refractivity contribution in [2.75, 3.05) is 18.0 Å². The van der Waals surface area contributed by atoms with Crippen LogP contribution >= 0.6 is 0 Å². The van der Waals surface area contributed by atoms with Gasteiger partial charge in [0, 0.05) is 48.7 Å². The van der Waals surface area contributed by atoms with E-state index in [-0.39, 0.29) is 29.7 Å². The standard InChI is InChI=1S/C24H26FN3O3/c25-17-2-1-3-19(14-17)28-12-7-18(8-13-28)27-22(29)16-4-9-24(10-5-16)21-6-11-26-15-20(21)23(30)31-24/h1-3,6,11,14-16,18H,4-5,7-10,12-13H2,(H,27,29)/t16-,24-. The van der Waals surface area contributed by atoms with Gasteiger partial charge in [-0.2, -0.15) is 0 Å². The third-order valence-electron chi connectivity index (χ3n) is 7.00. The van der Waals surface area contributed by atoms with Gasteiger partial charge in [0.15, 0.2) is 0 Å². The first-order valence-electron chi connectivity index (χ1n) is 11.0. The van der Waals surface area contributed by atoms with Crippen molar-refractivity contribution in [3.63, 3.8) is 0 Å². The lowest BCUT2D eigenvalue weighted by molar-refractivity contribution is -0.128. The summed E-state index contributed by atoms with van der Waals surface area (Å²) in [5, 5.41) is 3.22. The third kappa shape index (κ3) is 3.77. The fraction of sp³-hybridized carbons (Fsp3) is 0.458. The second-order valence-corrected chi connectivity index (χ2v) is 8.83. The predicted molar refractivity (Wildman–Crippen MR) is 113 cm³/mol. The largest absolute Gasteiger partial charge is 0.451 e. The van der Waals surface area contributed by atoms with Crippen LogP contribution in [0.25, 0.3) is 0 Å². The zero-order valence-corrected chi connectivity index (χ0v) is 17.4. The zero-order chi connectivity index (χ0) is 21.4. The second-order valence-electron chi connectivity index (χ2n) is 8.83. The average molecular weight is 423 g/mol. The van der Waals surface area contributed by atoms with Crippen LogP contribution in [0.2, 0.25) is 0 Å². The fourth-order valence-electron chi connectivity index (χ4n) is 5.23. The highest BCUT2D eigenvalue weighted by atomic mass is 19.1. The molecule has 2 aromatic rings. The number of fused-ring (bicyclic) bond motifs is 2. The first-order valence-corrected chi connectivity index (χ1v) is 11.0. The maximum absolute atomic E-state index is 13.5. The first-order chi connectivity index (χ1) is 15.0. The van der Waals surface area contributed by atoms with E-state index in [1.165, 1.54) is 6.07 Å². The molecule has 7 heteroatoms. The summed E-state index contributed by atoms with van der Waals surface area (Å²) in [7, 11) is 0. The molecule has 1 saturated heterocycles. The molecule has 0 bridgehead atoms. The van der Waals surface area contributed by atoms with Gasteiger partial charge in [-0.15, -0.1) is 0 Å². The van der Waals surface area contributed by atoms with Gasteiger partial charge in [-0.3, -0.25) is 9.78 Å². The Morgan fingerprint density at radius 3 is 2.68 bits per heavy atom. The molecule has 162 valence electrons. The van der Waals surface area contributed by atoms with Crippen molar-refractivity contribution in [1.82, 2.24) is 10.3 Å². The average Bonchev–Trinajstić information content (AvgIpc) is 3.06. The molecule has 5 rings (SSSR count). The summed E-state index contributed by atoms with van der Waals surface area (Å²) >= 11 is 0. The summed E-state index contributed by atoms with van der Waals surface area (Å²) in [6.45, 7) is 1.59. The van der Waals surface area contributed by atoms with Crippen molar-refractivity contribution >= 4 is 17.6 Å². The van der Waals surface area contributed by atoms with Crippen LogP contribution in [0.4, 0.5) is 10.1 Å². The highest BCUT2D eigenvalue weighted by molar-refractivity contribution is 5.94. The zero-order valence-electron chi connectivity index (χ0n) is 17.4. The number of carbonyl (C=O) groups is 2. The monoisotopic (exact) mass is 423 g/mol. The lowest BCUT2D eigenvalue weighted by atomic mass is 9.75. The van der Waals surface area contributed by atoms with Crippen LogP contribution in [0.3, 0.4) is 0 Å². The van der Waals surface area contributed by atoms with E-state index in [2.05, 4.69) is 15.2 Å². The van der Waals surface area contributed by atoms with Gasteiger partial charge in [-0.25, -0.2) is 9.18 Å². The predicted octanol–water partition coefficient (Wildman–Crippen LogP) is 3.56. The molecule has 31 heavy (non-hydrogen) atoms. The molecular weight excluding hydrogens is 397 g/mol. The van der Waals surface area contributed by atoms with Gasteiger partial charge in [0.05, 0.1) is 5.56 Å². The summed E-state index contributed by atoms with van der Waals surface area (Å²) in [4.78, 5) is 31.3. The van der Waals surface area contributed by atoms with Crippen molar-refractivity contribution in [3.8, 4) is 0 Å². The maximum atomic E-state index is 13.5. The van der Waals surface area contributed by atoms with Crippen molar-refractivity contribution in [2.45, 2.75) is 50.2 Å². The van der Waals surface area contributed by atoms with E-state index in [1.54, 1.807) is 24.5 Å². The van der Waals surface area contributed by atoms with E-state index < -0.39 is 5.60 Å². The number of hydrogen-bond acceptors (Lipinski definition) is 5. The van der Waals surface area contributed by atoms with Crippen LogP contribution in [-0.4, -0.2) is 36.0 Å². The van der Waals surface area contributed by atoms with E-state index in [0.717, 1.165) is 37.2 Å². The van der Waals surface area contributed by atoms with Crippen LogP contribution in [0.1, 0.15) is 54.4 Å². The Labute approximate surface area is 180 Å². The van der Waals surface area contributed by atoms with Crippen LogP contribution in [0.15, 0.2) is 42.7 Å². The Balaban J connectivity index is 1.14. The summed E-state index contributed by atoms with van der Waals surface area (Å²) in [5.74, 6) is -0.499. The number of carbonyl (C=O) groups excluding carboxylic acids is 2. The minimum absolute atomic E-state index is 0.0588. The molecule has 1 aromatic carbocycles. The van der Waals surface area contributed by atoms with Crippen molar-refractivity contribution in [1.29, 1.82) is 0 Å². The number of hydrogen-bond donors (Lipinski definition) is 1. The first kappa shape index (κ1) is 20.0. The summed E-state index contributed by atoms with van der Waals surface area (Å²) in [5.41, 5.74) is 1.76. The van der Waals surface area contributed by atoms with Crippen LogP contribution in [0, 0.1) is 11.7 Å². The van der Waals surface area contributed by atoms with Gasteiger partial charge in [-0.1, -0.05) is 6.07 Å². The van der Waals surface area contributed by atoms with Gasteiger partial charge in [-0.05, 0) is 62.8 Å². The molecule has 0 atom stereocenters. The van der Waals surface area contributed by atoms with Gasteiger partial charge < -0.3 is 15.0 Å². The van der Waals surface area contributed by atoms with Gasteiger partial charge in [0.2, 0.25) is 5.91 Å². The number of ether oxygens (including phenoxy) is 1. The maximum Gasteiger partial charge on any atom is 0.341 e. The molecule has 1 spiro atoms. The number of nitrogens with one attached hydrogen (secondary N) is 1. The van der Waals surface area contributed by atoms with E-state index in [4.69, 9.17) is 4.74 Å². The normalized spacial score (nSPS) is 25.9. The second kappa shape index (κ2) is 7.94. The van der Waals surface area contributed by atoms with Gasteiger partial charge in [0.1, 0.15) is 11.4 Å². The highest BCUT2D eigenvalue weighted by Gasteiger charge is 2.48. The number of aromatic nitrogens is 1. The number of anilines is 1. The number of amides is 1. The molecule has 3 aliphatic rings. The van der Waals surface area contributed by atoms with Crippen LogP contribution in [0.5, 0.6) is 0 Å². The van der Waals surface area contributed by atoms with E-state index in [9.17, 15) is 14.0 Å².